The zero-order chi connectivity index (χ0) is 18.6. The van der Waals surface area contributed by atoms with Crippen LogP contribution in [0.3, 0.4) is 0 Å². The molecule has 134 valence electrons. The molecule has 3 rings (SSSR count). The first kappa shape index (κ1) is 17.8. The SMILES string of the molecule is O=C(Nc1ccc(S(=O)(=O)NCc2ccco2)cc1)c1cccc(F)c1. The maximum atomic E-state index is 13.2. The summed E-state index contributed by atoms with van der Waals surface area (Å²) in [6.45, 7) is 0.0351. The van der Waals surface area contributed by atoms with Crippen LogP contribution in [0.25, 0.3) is 0 Å². The predicted molar refractivity (Wildman–Crippen MR) is 93.5 cm³/mol. The van der Waals surface area contributed by atoms with Crippen molar-refractivity contribution in [3.8, 4) is 0 Å². The first-order valence-electron chi connectivity index (χ1n) is 7.63. The average molecular weight is 374 g/mol. The summed E-state index contributed by atoms with van der Waals surface area (Å²) >= 11 is 0. The molecule has 1 heterocycles. The van der Waals surface area contributed by atoms with E-state index in [1.54, 1.807) is 12.1 Å². The minimum absolute atomic E-state index is 0.0351. The topological polar surface area (TPSA) is 88.4 Å². The molecule has 0 radical (unpaired) electrons. The van der Waals surface area contributed by atoms with E-state index in [1.165, 1.54) is 48.7 Å². The fourth-order valence-corrected chi connectivity index (χ4v) is 3.21. The number of furan rings is 1. The Labute approximate surface area is 149 Å². The van der Waals surface area contributed by atoms with E-state index < -0.39 is 21.7 Å². The van der Waals surface area contributed by atoms with Gasteiger partial charge in [-0.15, -0.1) is 0 Å². The minimum Gasteiger partial charge on any atom is -0.468 e. The maximum absolute atomic E-state index is 13.2. The fraction of sp³-hybridized carbons (Fsp3) is 0.0556. The second-order valence-corrected chi connectivity index (χ2v) is 7.16. The van der Waals surface area contributed by atoms with Crippen LogP contribution in [0.2, 0.25) is 0 Å². The Morgan fingerprint density at radius 2 is 1.81 bits per heavy atom. The van der Waals surface area contributed by atoms with Gasteiger partial charge in [-0.3, -0.25) is 4.79 Å². The van der Waals surface area contributed by atoms with Gasteiger partial charge in [-0.1, -0.05) is 6.07 Å². The number of amides is 1. The van der Waals surface area contributed by atoms with Gasteiger partial charge in [0.2, 0.25) is 10.0 Å². The van der Waals surface area contributed by atoms with E-state index in [4.69, 9.17) is 4.42 Å². The molecule has 6 nitrogen and oxygen atoms in total. The van der Waals surface area contributed by atoms with Gasteiger partial charge < -0.3 is 9.73 Å². The molecular weight excluding hydrogens is 359 g/mol. The van der Waals surface area contributed by atoms with Crippen molar-refractivity contribution in [3.63, 3.8) is 0 Å². The van der Waals surface area contributed by atoms with Crippen LogP contribution in [0.4, 0.5) is 10.1 Å². The standard InChI is InChI=1S/C18H15FN2O4S/c19-14-4-1-3-13(11-14)18(22)21-15-6-8-17(9-7-15)26(23,24)20-12-16-5-2-10-25-16/h1-11,20H,12H2,(H,21,22). The molecule has 1 aromatic heterocycles. The summed E-state index contributed by atoms with van der Waals surface area (Å²) in [5.74, 6) is -0.509. The Morgan fingerprint density at radius 3 is 2.46 bits per heavy atom. The van der Waals surface area contributed by atoms with Crippen LogP contribution in [0.1, 0.15) is 16.1 Å². The first-order chi connectivity index (χ1) is 12.4. The second-order valence-electron chi connectivity index (χ2n) is 5.39. The van der Waals surface area contributed by atoms with E-state index in [0.717, 1.165) is 6.07 Å². The summed E-state index contributed by atoms with van der Waals surface area (Å²) in [7, 11) is -3.71. The Morgan fingerprint density at radius 1 is 1.04 bits per heavy atom. The van der Waals surface area contributed by atoms with E-state index in [9.17, 15) is 17.6 Å². The summed E-state index contributed by atoms with van der Waals surface area (Å²) in [5, 5.41) is 2.58. The van der Waals surface area contributed by atoms with Crippen molar-refractivity contribution in [2.45, 2.75) is 11.4 Å². The fourth-order valence-electron chi connectivity index (χ4n) is 2.21. The van der Waals surface area contributed by atoms with Crippen molar-refractivity contribution in [3.05, 3.63) is 84.1 Å². The van der Waals surface area contributed by atoms with Crippen LogP contribution in [0, 0.1) is 5.82 Å². The van der Waals surface area contributed by atoms with Crippen molar-refractivity contribution < 1.29 is 22.0 Å². The third kappa shape index (κ3) is 4.35. The molecule has 26 heavy (non-hydrogen) atoms. The maximum Gasteiger partial charge on any atom is 0.255 e. The number of carbonyl (C=O) groups is 1. The lowest BCUT2D eigenvalue weighted by molar-refractivity contribution is 0.102. The van der Waals surface area contributed by atoms with Gasteiger partial charge in [-0.25, -0.2) is 17.5 Å². The summed E-state index contributed by atoms with van der Waals surface area (Å²) in [6.07, 6.45) is 1.46. The number of benzene rings is 2. The molecule has 0 aliphatic heterocycles. The molecule has 0 bridgehead atoms. The van der Waals surface area contributed by atoms with Crippen LogP contribution in [-0.4, -0.2) is 14.3 Å². The Balaban J connectivity index is 1.66. The van der Waals surface area contributed by atoms with Gasteiger partial charge in [0, 0.05) is 11.3 Å². The largest absolute Gasteiger partial charge is 0.468 e. The van der Waals surface area contributed by atoms with Gasteiger partial charge in [-0.2, -0.15) is 0 Å². The second kappa shape index (κ2) is 7.51. The number of hydrogen-bond donors (Lipinski definition) is 2. The number of carbonyl (C=O) groups excluding carboxylic acids is 1. The van der Waals surface area contributed by atoms with E-state index in [-0.39, 0.29) is 17.0 Å². The van der Waals surface area contributed by atoms with Gasteiger partial charge in [0.1, 0.15) is 11.6 Å². The molecule has 0 fully saturated rings. The lowest BCUT2D eigenvalue weighted by Gasteiger charge is -2.08. The van der Waals surface area contributed by atoms with Gasteiger partial charge in [0.15, 0.2) is 0 Å². The highest BCUT2D eigenvalue weighted by Gasteiger charge is 2.15. The molecule has 2 N–H and O–H groups in total. The highest BCUT2D eigenvalue weighted by atomic mass is 32.2. The summed E-state index contributed by atoms with van der Waals surface area (Å²) in [5.41, 5.74) is 0.561. The Kier molecular flexibility index (Phi) is 5.15. The zero-order valence-electron chi connectivity index (χ0n) is 13.5. The number of hydrogen-bond acceptors (Lipinski definition) is 4. The third-order valence-electron chi connectivity index (χ3n) is 3.53. The molecule has 0 aliphatic carbocycles. The normalized spacial score (nSPS) is 11.3. The van der Waals surface area contributed by atoms with Crippen molar-refractivity contribution in [1.82, 2.24) is 4.72 Å². The van der Waals surface area contributed by atoms with Crippen LogP contribution in [-0.2, 0) is 16.6 Å². The molecular formula is C18H15FN2O4S. The first-order valence-corrected chi connectivity index (χ1v) is 9.11. The van der Waals surface area contributed by atoms with Gasteiger partial charge >= 0.3 is 0 Å². The molecule has 0 saturated heterocycles. The molecule has 0 atom stereocenters. The third-order valence-corrected chi connectivity index (χ3v) is 4.94. The summed E-state index contributed by atoms with van der Waals surface area (Å²) in [4.78, 5) is 12.1. The lowest BCUT2D eigenvalue weighted by Crippen LogP contribution is -2.23. The van der Waals surface area contributed by atoms with Crippen molar-refractivity contribution in [2.24, 2.45) is 0 Å². The highest BCUT2D eigenvalue weighted by molar-refractivity contribution is 7.89. The molecule has 0 spiro atoms. The molecule has 2 aromatic carbocycles. The van der Waals surface area contributed by atoms with Gasteiger partial charge in [0.25, 0.3) is 5.91 Å². The summed E-state index contributed by atoms with van der Waals surface area (Å²) < 4.78 is 45.1. The van der Waals surface area contributed by atoms with Crippen molar-refractivity contribution in [2.75, 3.05) is 5.32 Å². The molecule has 3 aromatic rings. The number of rotatable bonds is 6. The number of sulfonamides is 1. The van der Waals surface area contributed by atoms with Gasteiger partial charge in [-0.05, 0) is 54.6 Å². The number of anilines is 1. The zero-order valence-corrected chi connectivity index (χ0v) is 14.3. The van der Waals surface area contributed by atoms with E-state index in [2.05, 4.69) is 10.0 Å². The summed E-state index contributed by atoms with van der Waals surface area (Å²) in [6, 6.07) is 14.3. The molecule has 0 aliphatic rings. The quantitative estimate of drug-likeness (QED) is 0.694. The van der Waals surface area contributed by atoms with Crippen LogP contribution in [0.15, 0.2) is 76.2 Å². The van der Waals surface area contributed by atoms with Crippen molar-refractivity contribution >= 4 is 21.6 Å². The monoisotopic (exact) mass is 374 g/mol. The van der Waals surface area contributed by atoms with E-state index in [0.29, 0.717) is 11.4 Å². The lowest BCUT2D eigenvalue weighted by atomic mass is 10.2. The Bertz CT molecular complexity index is 1000. The smallest absolute Gasteiger partial charge is 0.255 e. The van der Waals surface area contributed by atoms with Crippen LogP contribution in [0.5, 0.6) is 0 Å². The number of halogens is 1. The van der Waals surface area contributed by atoms with E-state index >= 15 is 0 Å². The molecule has 8 heteroatoms. The number of nitrogens with one attached hydrogen (secondary N) is 2. The average Bonchev–Trinajstić information content (AvgIpc) is 3.14. The van der Waals surface area contributed by atoms with E-state index in [1.807, 2.05) is 0 Å². The molecule has 0 unspecified atom stereocenters. The predicted octanol–water partition coefficient (Wildman–Crippen LogP) is 3.15. The highest BCUT2D eigenvalue weighted by Crippen LogP contribution is 2.16. The Hall–Kier alpha value is -2.97. The minimum atomic E-state index is -3.71. The molecule has 1 amide bonds. The van der Waals surface area contributed by atoms with Crippen molar-refractivity contribution in [1.29, 1.82) is 0 Å². The van der Waals surface area contributed by atoms with Gasteiger partial charge in [0.05, 0.1) is 17.7 Å². The van der Waals surface area contributed by atoms with Crippen LogP contribution < -0.4 is 10.0 Å². The van der Waals surface area contributed by atoms with Crippen LogP contribution >= 0.6 is 0 Å². The molecule has 0 saturated carbocycles.